The largest absolute Gasteiger partial charge is 0.508 e. The number of benzene rings is 2. The predicted molar refractivity (Wildman–Crippen MR) is 128 cm³/mol. The number of anilines is 1. The normalized spacial score (nSPS) is 17.7. The van der Waals surface area contributed by atoms with E-state index in [2.05, 4.69) is 10.3 Å². The number of nitro groups is 1. The topological polar surface area (TPSA) is 96.5 Å². The maximum Gasteiger partial charge on any atom is 0.271 e. The van der Waals surface area contributed by atoms with Crippen molar-refractivity contribution in [2.75, 3.05) is 4.90 Å². The second-order valence-electron chi connectivity index (χ2n) is 7.59. The van der Waals surface area contributed by atoms with Crippen molar-refractivity contribution in [2.24, 2.45) is 0 Å². The van der Waals surface area contributed by atoms with E-state index in [1.807, 2.05) is 52.1 Å². The van der Waals surface area contributed by atoms with Gasteiger partial charge in [0.1, 0.15) is 11.8 Å². The first-order chi connectivity index (χ1) is 16.0. The van der Waals surface area contributed by atoms with Crippen LogP contribution < -0.4 is 10.2 Å². The summed E-state index contributed by atoms with van der Waals surface area (Å²) in [6, 6.07) is 22.4. The molecule has 1 aliphatic heterocycles. The van der Waals surface area contributed by atoms with E-state index in [4.69, 9.17) is 12.2 Å². The van der Waals surface area contributed by atoms with Crippen LogP contribution in [0.3, 0.4) is 0 Å². The number of aromatic nitrogens is 2. The van der Waals surface area contributed by atoms with Gasteiger partial charge in [-0.15, -0.1) is 0 Å². The van der Waals surface area contributed by atoms with Crippen LogP contribution >= 0.6 is 12.2 Å². The first kappa shape index (κ1) is 20.7. The summed E-state index contributed by atoms with van der Waals surface area (Å²) in [4.78, 5) is 17.5. The Balaban J connectivity index is 1.66. The molecule has 0 bridgehead atoms. The Kier molecular flexibility index (Phi) is 5.23. The molecule has 9 heteroatoms. The maximum atomic E-state index is 11.3. The van der Waals surface area contributed by atoms with Crippen LogP contribution in [0, 0.1) is 10.1 Å². The summed E-state index contributed by atoms with van der Waals surface area (Å²) < 4.78 is 1.93. The van der Waals surface area contributed by atoms with Gasteiger partial charge in [0, 0.05) is 35.9 Å². The zero-order valence-corrected chi connectivity index (χ0v) is 18.1. The average Bonchev–Trinajstić information content (AvgIpc) is 3.44. The van der Waals surface area contributed by atoms with Gasteiger partial charge in [-0.3, -0.25) is 15.1 Å². The molecule has 0 amide bonds. The van der Waals surface area contributed by atoms with E-state index in [-0.39, 0.29) is 23.5 Å². The zero-order valence-electron chi connectivity index (χ0n) is 17.3. The Labute approximate surface area is 194 Å². The lowest BCUT2D eigenvalue weighted by atomic mass is 10.0. The van der Waals surface area contributed by atoms with Gasteiger partial charge in [0.05, 0.1) is 22.3 Å². The minimum Gasteiger partial charge on any atom is -0.508 e. The Bertz CT molecular complexity index is 1320. The van der Waals surface area contributed by atoms with Crippen LogP contribution in [0.25, 0.3) is 5.69 Å². The lowest BCUT2D eigenvalue weighted by Crippen LogP contribution is -2.30. The number of rotatable bonds is 5. The molecule has 1 aliphatic rings. The summed E-state index contributed by atoms with van der Waals surface area (Å²) in [6.07, 6.45) is 3.61. The lowest BCUT2D eigenvalue weighted by Gasteiger charge is -2.29. The summed E-state index contributed by atoms with van der Waals surface area (Å²) >= 11 is 5.72. The van der Waals surface area contributed by atoms with E-state index >= 15 is 0 Å². The molecule has 2 N–H and O–H groups in total. The molecule has 0 radical (unpaired) electrons. The van der Waals surface area contributed by atoms with E-state index in [9.17, 15) is 15.2 Å². The highest BCUT2D eigenvalue weighted by atomic mass is 32.1. The molecule has 0 saturated carbocycles. The monoisotopic (exact) mass is 457 g/mol. The van der Waals surface area contributed by atoms with Crippen molar-refractivity contribution in [3.63, 3.8) is 0 Å². The molecule has 8 nitrogen and oxygen atoms in total. The van der Waals surface area contributed by atoms with Gasteiger partial charge in [0.25, 0.3) is 5.69 Å². The summed E-state index contributed by atoms with van der Waals surface area (Å²) in [6.45, 7) is 0. The SMILES string of the molecule is O=[N+]([O-])c1cccc(-n2cccc2[C@H]2[C@@H](c3ccccn3)NC(=S)N2c2ccc(O)cc2)c1. The van der Waals surface area contributed by atoms with Crippen molar-refractivity contribution >= 4 is 28.7 Å². The maximum absolute atomic E-state index is 11.3. The lowest BCUT2D eigenvalue weighted by molar-refractivity contribution is -0.384. The summed E-state index contributed by atoms with van der Waals surface area (Å²) in [5.74, 6) is 0.162. The molecular weight excluding hydrogens is 438 g/mol. The fourth-order valence-electron chi connectivity index (χ4n) is 4.17. The van der Waals surface area contributed by atoms with Gasteiger partial charge >= 0.3 is 0 Å². The van der Waals surface area contributed by atoms with Gasteiger partial charge in [-0.05, 0) is 66.8 Å². The highest BCUT2D eigenvalue weighted by molar-refractivity contribution is 7.80. The molecule has 2 aromatic carbocycles. The number of hydrogen-bond acceptors (Lipinski definition) is 5. The van der Waals surface area contributed by atoms with E-state index < -0.39 is 4.92 Å². The Hall–Kier alpha value is -4.24. The molecule has 164 valence electrons. The minimum atomic E-state index is -0.404. The number of thiocarbonyl (C=S) groups is 1. The van der Waals surface area contributed by atoms with Crippen LogP contribution in [0.5, 0.6) is 5.75 Å². The van der Waals surface area contributed by atoms with Crippen LogP contribution in [0.4, 0.5) is 11.4 Å². The van der Waals surface area contributed by atoms with Gasteiger partial charge in [-0.2, -0.15) is 0 Å². The third kappa shape index (κ3) is 3.79. The molecule has 2 aromatic heterocycles. The van der Waals surface area contributed by atoms with Crippen molar-refractivity contribution in [3.8, 4) is 11.4 Å². The van der Waals surface area contributed by atoms with E-state index in [0.29, 0.717) is 10.8 Å². The van der Waals surface area contributed by atoms with E-state index in [1.54, 1.807) is 42.6 Å². The summed E-state index contributed by atoms with van der Waals surface area (Å²) in [7, 11) is 0. The van der Waals surface area contributed by atoms with Crippen LogP contribution in [-0.4, -0.2) is 24.7 Å². The number of hydrogen-bond donors (Lipinski definition) is 2. The second kappa shape index (κ2) is 8.36. The zero-order chi connectivity index (χ0) is 22.9. The molecule has 1 fully saturated rings. The summed E-state index contributed by atoms with van der Waals surface area (Å²) in [5, 5.41) is 25.0. The van der Waals surface area contributed by atoms with Gasteiger partial charge in [-0.25, -0.2) is 0 Å². The molecule has 4 aromatic rings. The highest BCUT2D eigenvalue weighted by Gasteiger charge is 2.42. The third-order valence-corrected chi connectivity index (χ3v) is 5.94. The molecule has 5 rings (SSSR count). The van der Waals surface area contributed by atoms with Crippen molar-refractivity contribution in [3.05, 3.63) is 113 Å². The molecule has 0 aliphatic carbocycles. The fraction of sp³-hybridized carbons (Fsp3) is 0.0833. The standard InChI is InChI=1S/C24H19N5O3S/c30-19-11-9-16(10-12-19)28-23(22(26-24(28)33)20-7-1-2-13-25-20)21-8-4-14-27(21)17-5-3-6-18(15-17)29(31)32/h1-15,22-23,30H,(H,26,33)/t22-,23+/m1/s1. The van der Waals surface area contributed by atoms with Crippen molar-refractivity contribution < 1.29 is 10.0 Å². The molecule has 0 unspecified atom stereocenters. The van der Waals surface area contributed by atoms with Crippen LogP contribution in [0.1, 0.15) is 23.5 Å². The smallest absolute Gasteiger partial charge is 0.271 e. The quantitative estimate of drug-likeness (QED) is 0.256. The second-order valence-corrected chi connectivity index (χ2v) is 7.98. The molecule has 0 spiro atoms. The first-order valence-corrected chi connectivity index (χ1v) is 10.7. The Morgan fingerprint density at radius 3 is 2.55 bits per heavy atom. The average molecular weight is 458 g/mol. The van der Waals surface area contributed by atoms with Crippen LogP contribution in [0.2, 0.25) is 0 Å². The number of non-ortho nitro benzene ring substituents is 1. The Morgan fingerprint density at radius 2 is 1.82 bits per heavy atom. The summed E-state index contributed by atoms with van der Waals surface area (Å²) in [5.41, 5.74) is 3.20. The van der Waals surface area contributed by atoms with Crippen molar-refractivity contribution in [1.82, 2.24) is 14.9 Å². The van der Waals surface area contributed by atoms with E-state index in [1.165, 1.54) is 6.07 Å². The highest BCUT2D eigenvalue weighted by Crippen LogP contribution is 2.42. The van der Waals surface area contributed by atoms with Gasteiger partial charge in [0.15, 0.2) is 5.11 Å². The number of phenols is 1. The molecule has 33 heavy (non-hydrogen) atoms. The number of phenolic OH excluding ortho intramolecular Hbond substituents is 1. The number of nitro benzene ring substituents is 1. The Morgan fingerprint density at radius 1 is 1.00 bits per heavy atom. The minimum absolute atomic E-state index is 0.0175. The number of nitrogens with zero attached hydrogens (tertiary/aromatic N) is 4. The van der Waals surface area contributed by atoms with Gasteiger partial charge < -0.3 is 19.9 Å². The first-order valence-electron chi connectivity index (χ1n) is 10.2. The predicted octanol–water partition coefficient (Wildman–Crippen LogP) is 4.66. The molecule has 2 atom stereocenters. The molecule has 3 heterocycles. The van der Waals surface area contributed by atoms with Crippen LogP contribution in [-0.2, 0) is 0 Å². The number of nitrogens with one attached hydrogen (secondary N) is 1. The molecule has 1 saturated heterocycles. The van der Waals surface area contributed by atoms with Crippen LogP contribution in [0.15, 0.2) is 91.3 Å². The van der Waals surface area contributed by atoms with Crippen molar-refractivity contribution in [1.29, 1.82) is 0 Å². The number of pyridine rings is 1. The van der Waals surface area contributed by atoms with Gasteiger partial charge in [0.2, 0.25) is 0 Å². The third-order valence-electron chi connectivity index (χ3n) is 5.63. The van der Waals surface area contributed by atoms with Gasteiger partial charge in [-0.1, -0.05) is 12.1 Å². The molecular formula is C24H19N5O3S. The fourth-order valence-corrected chi connectivity index (χ4v) is 4.52. The van der Waals surface area contributed by atoms with E-state index in [0.717, 1.165) is 17.1 Å². The van der Waals surface area contributed by atoms with Crippen molar-refractivity contribution in [2.45, 2.75) is 12.1 Å². The number of aromatic hydroxyl groups is 1.